The third kappa shape index (κ3) is 3.57. The van der Waals surface area contributed by atoms with E-state index in [1.165, 1.54) is 0 Å². The van der Waals surface area contributed by atoms with Gasteiger partial charge < -0.3 is 13.9 Å². The van der Waals surface area contributed by atoms with E-state index in [0.29, 0.717) is 16.8 Å². The number of pyridine rings is 1. The van der Waals surface area contributed by atoms with Crippen LogP contribution in [-0.2, 0) is 6.54 Å². The summed E-state index contributed by atoms with van der Waals surface area (Å²) >= 11 is 0. The smallest absolute Gasteiger partial charge is 0.345 e. The molecule has 0 atom stereocenters. The largest absolute Gasteiger partial charge is 0.422 e. The van der Waals surface area contributed by atoms with Crippen LogP contribution in [0.25, 0.3) is 27.9 Å². The number of nitrogens with zero attached hydrogens (tertiary/aromatic N) is 3. The molecule has 0 radical (unpaired) electrons. The second kappa shape index (κ2) is 7.13. The van der Waals surface area contributed by atoms with Gasteiger partial charge in [-0.3, -0.25) is 4.90 Å². The van der Waals surface area contributed by atoms with Crippen LogP contribution in [0.5, 0.6) is 0 Å². The van der Waals surface area contributed by atoms with Gasteiger partial charge in [0.2, 0.25) is 0 Å². The highest BCUT2D eigenvalue weighted by Crippen LogP contribution is 2.23. The van der Waals surface area contributed by atoms with Crippen LogP contribution < -0.4 is 5.63 Å². The number of aryl methyl sites for hydroxylation is 1. The van der Waals surface area contributed by atoms with E-state index >= 15 is 0 Å². The maximum absolute atomic E-state index is 12.7. The molecule has 0 aliphatic carbocycles. The van der Waals surface area contributed by atoms with Crippen LogP contribution in [0, 0.1) is 6.92 Å². The molecule has 1 aliphatic rings. The first-order valence-electron chi connectivity index (χ1n) is 9.98. The number of piperidine rings is 1. The molecule has 3 aromatic heterocycles. The molecule has 1 aliphatic heterocycles. The van der Waals surface area contributed by atoms with Crippen LogP contribution in [0.15, 0.2) is 58.0 Å². The predicted molar refractivity (Wildman–Crippen MR) is 112 cm³/mol. The maximum atomic E-state index is 12.7. The Bertz CT molecular complexity index is 1250. The molecule has 1 fully saturated rings. The van der Waals surface area contributed by atoms with Crippen LogP contribution >= 0.6 is 0 Å². The minimum Gasteiger partial charge on any atom is -0.422 e. The lowest BCUT2D eigenvalue weighted by atomic mass is 10.1. The zero-order valence-electron chi connectivity index (χ0n) is 16.3. The van der Waals surface area contributed by atoms with E-state index in [0.717, 1.165) is 54.6 Å². The Morgan fingerprint density at radius 3 is 2.79 bits per heavy atom. The van der Waals surface area contributed by atoms with Crippen molar-refractivity contribution in [2.24, 2.45) is 0 Å². The quantitative estimate of drug-likeness (QED) is 0.544. The number of aliphatic hydroxyl groups is 1. The van der Waals surface area contributed by atoms with Crippen molar-refractivity contribution in [1.82, 2.24) is 14.3 Å². The van der Waals surface area contributed by atoms with Crippen LogP contribution in [0.1, 0.15) is 24.0 Å². The summed E-state index contributed by atoms with van der Waals surface area (Å²) in [4.78, 5) is 19.5. The Kier molecular flexibility index (Phi) is 4.45. The number of aliphatic hydroxyl groups excluding tert-OH is 1. The van der Waals surface area contributed by atoms with Crippen LogP contribution in [0.4, 0.5) is 0 Å². The van der Waals surface area contributed by atoms with Crippen molar-refractivity contribution >= 4 is 16.6 Å². The molecule has 0 spiro atoms. The Morgan fingerprint density at radius 1 is 1.14 bits per heavy atom. The molecule has 29 heavy (non-hydrogen) atoms. The van der Waals surface area contributed by atoms with Crippen LogP contribution in [-0.4, -0.2) is 38.6 Å². The van der Waals surface area contributed by atoms with Crippen molar-refractivity contribution in [3.8, 4) is 11.3 Å². The molecule has 0 unspecified atom stereocenters. The Morgan fingerprint density at radius 2 is 1.97 bits per heavy atom. The van der Waals surface area contributed by atoms with Gasteiger partial charge in [-0.25, -0.2) is 9.78 Å². The molecule has 6 heteroatoms. The monoisotopic (exact) mass is 389 g/mol. The molecule has 0 saturated carbocycles. The minimum atomic E-state index is -0.379. The van der Waals surface area contributed by atoms with Gasteiger partial charge in [0, 0.05) is 37.4 Å². The van der Waals surface area contributed by atoms with Gasteiger partial charge in [-0.2, -0.15) is 0 Å². The molecule has 4 aromatic rings. The highest BCUT2D eigenvalue weighted by atomic mass is 16.4. The highest BCUT2D eigenvalue weighted by Gasteiger charge is 2.17. The first-order valence-corrected chi connectivity index (χ1v) is 9.98. The third-order valence-corrected chi connectivity index (χ3v) is 5.64. The van der Waals surface area contributed by atoms with Crippen molar-refractivity contribution in [2.45, 2.75) is 32.4 Å². The van der Waals surface area contributed by atoms with Crippen molar-refractivity contribution in [3.05, 3.63) is 70.3 Å². The zero-order valence-corrected chi connectivity index (χ0v) is 16.3. The number of hydrogen-bond acceptors (Lipinski definition) is 5. The fraction of sp³-hybridized carbons (Fsp3) is 0.304. The second-order valence-corrected chi connectivity index (χ2v) is 7.93. The Labute approximate surface area is 168 Å². The number of benzene rings is 1. The van der Waals surface area contributed by atoms with Gasteiger partial charge in [-0.1, -0.05) is 18.2 Å². The van der Waals surface area contributed by atoms with E-state index in [2.05, 4.69) is 16.0 Å². The van der Waals surface area contributed by atoms with E-state index in [9.17, 15) is 9.90 Å². The summed E-state index contributed by atoms with van der Waals surface area (Å²) in [7, 11) is 0. The lowest BCUT2D eigenvalue weighted by Gasteiger charge is -2.29. The lowest BCUT2D eigenvalue weighted by molar-refractivity contribution is 0.0792. The average Bonchev–Trinajstić information content (AvgIpc) is 3.12. The predicted octanol–water partition coefficient (Wildman–Crippen LogP) is 3.37. The average molecular weight is 389 g/mol. The molecule has 4 heterocycles. The van der Waals surface area contributed by atoms with Crippen molar-refractivity contribution < 1.29 is 9.52 Å². The van der Waals surface area contributed by atoms with Gasteiger partial charge in [-0.15, -0.1) is 0 Å². The molecule has 6 nitrogen and oxygen atoms in total. The number of imidazole rings is 1. The van der Waals surface area contributed by atoms with E-state index in [-0.39, 0.29) is 11.7 Å². The third-order valence-electron chi connectivity index (χ3n) is 5.64. The van der Waals surface area contributed by atoms with Gasteiger partial charge in [0.1, 0.15) is 11.2 Å². The first-order chi connectivity index (χ1) is 14.0. The number of hydrogen-bond donors (Lipinski definition) is 1. The summed E-state index contributed by atoms with van der Waals surface area (Å²) in [6, 6.07) is 11.8. The standard InChI is InChI=1S/C23H23N3O3/c1-15-2-5-22-24-20(14-26(22)12-15)19-11-17-4-3-16(10-21(17)29-23(19)28)13-25-8-6-18(27)7-9-25/h2-5,10-12,14,18,27H,6-9,13H2,1H3. The van der Waals surface area contributed by atoms with E-state index in [4.69, 9.17) is 4.42 Å². The first kappa shape index (κ1) is 18.1. The molecule has 1 N–H and O–H groups in total. The Balaban J connectivity index is 1.47. The van der Waals surface area contributed by atoms with Gasteiger partial charge in [0.15, 0.2) is 0 Å². The maximum Gasteiger partial charge on any atom is 0.345 e. The summed E-state index contributed by atoms with van der Waals surface area (Å²) in [6.07, 6.45) is 5.29. The number of rotatable bonds is 3. The van der Waals surface area contributed by atoms with E-state index < -0.39 is 0 Å². The summed E-state index contributed by atoms with van der Waals surface area (Å²) in [5.74, 6) is 0. The zero-order chi connectivity index (χ0) is 20.0. The molecular formula is C23H23N3O3. The molecule has 148 valence electrons. The second-order valence-electron chi connectivity index (χ2n) is 7.93. The van der Waals surface area contributed by atoms with Crippen LogP contribution in [0.2, 0.25) is 0 Å². The van der Waals surface area contributed by atoms with E-state index in [1.54, 1.807) is 0 Å². The van der Waals surface area contributed by atoms with Crippen molar-refractivity contribution in [1.29, 1.82) is 0 Å². The van der Waals surface area contributed by atoms with Crippen LogP contribution in [0.3, 0.4) is 0 Å². The molecular weight excluding hydrogens is 366 g/mol. The highest BCUT2D eigenvalue weighted by molar-refractivity contribution is 5.81. The van der Waals surface area contributed by atoms with Crippen molar-refractivity contribution in [3.63, 3.8) is 0 Å². The molecule has 0 amide bonds. The number of aromatic nitrogens is 2. The molecule has 1 saturated heterocycles. The molecule has 5 rings (SSSR count). The fourth-order valence-electron chi connectivity index (χ4n) is 4.00. The van der Waals surface area contributed by atoms with Crippen molar-refractivity contribution in [2.75, 3.05) is 13.1 Å². The Hall–Kier alpha value is -2.96. The summed E-state index contributed by atoms with van der Waals surface area (Å²) in [6.45, 7) is 4.58. The lowest BCUT2D eigenvalue weighted by Crippen LogP contribution is -2.35. The SMILES string of the molecule is Cc1ccc2nc(-c3cc4ccc(CN5CCC(O)CC5)cc4oc3=O)cn2c1. The summed E-state index contributed by atoms with van der Waals surface area (Å²) in [5.41, 5.74) is 4.32. The number of fused-ring (bicyclic) bond motifs is 2. The normalized spacial score (nSPS) is 16.1. The topological polar surface area (TPSA) is 71.0 Å². The van der Waals surface area contributed by atoms with Gasteiger partial charge in [-0.05, 0) is 49.1 Å². The number of likely N-dealkylation sites (tertiary alicyclic amines) is 1. The van der Waals surface area contributed by atoms with Gasteiger partial charge in [0.05, 0.1) is 17.4 Å². The summed E-state index contributed by atoms with van der Waals surface area (Å²) < 4.78 is 7.57. The van der Waals surface area contributed by atoms with Gasteiger partial charge in [0.25, 0.3) is 0 Å². The molecule has 0 bridgehead atoms. The van der Waals surface area contributed by atoms with Gasteiger partial charge >= 0.3 is 5.63 Å². The summed E-state index contributed by atoms with van der Waals surface area (Å²) in [5, 5.41) is 10.5. The minimum absolute atomic E-state index is 0.178. The van der Waals surface area contributed by atoms with E-state index in [1.807, 2.05) is 54.0 Å². The fourth-order valence-corrected chi connectivity index (χ4v) is 4.00. The molecule has 1 aromatic carbocycles.